The van der Waals surface area contributed by atoms with Crippen LogP contribution in [0.25, 0.3) is 0 Å². The molecule has 0 amide bonds. The Kier molecular flexibility index (Phi) is 5.72. The summed E-state index contributed by atoms with van der Waals surface area (Å²) in [6, 6.07) is 10.7. The van der Waals surface area contributed by atoms with Gasteiger partial charge in [-0.3, -0.25) is 0 Å². The summed E-state index contributed by atoms with van der Waals surface area (Å²) in [6.45, 7) is 1.98. The molecule has 0 fully saturated rings. The third kappa shape index (κ3) is 4.02. The summed E-state index contributed by atoms with van der Waals surface area (Å²) in [7, 11) is 0. The number of rotatable bonds is 5. The lowest BCUT2D eigenvalue weighted by Crippen LogP contribution is -2.02. The second kappa shape index (κ2) is 7.33. The van der Waals surface area contributed by atoms with Gasteiger partial charge in [-0.2, -0.15) is 0 Å². The smallest absolute Gasteiger partial charge is 0.340 e. The van der Waals surface area contributed by atoms with Crippen molar-refractivity contribution in [3.05, 3.63) is 50.9 Å². The SMILES string of the molecule is CCSc1cccc(Oc2ccc(Br)cc2Br)c1C(=O)O. The van der Waals surface area contributed by atoms with Crippen LogP contribution in [-0.2, 0) is 0 Å². The number of carboxylic acids is 1. The summed E-state index contributed by atoms with van der Waals surface area (Å²) in [5, 5.41) is 9.45. The number of halogens is 2. The minimum Gasteiger partial charge on any atom is -0.478 e. The van der Waals surface area contributed by atoms with Crippen molar-refractivity contribution < 1.29 is 14.6 Å². The third-order valence-corrected chi connectivity index (χ3v) is 4.67. The summed E-state index contributed by atoms with van der Waals surface area (Å²) in [5.74, 6) is 0.712. The topological polar surface area (TPSA) is 46.5 Å². The molecule has 0 aromatic heterocycles. The van der Waals surface area contributed by atoms with Crippen LogP contribution < -0.4 is 4.74 Å². The molecule has 0 unspecified atom stereocenters. The number of ether oxygens (including phenoxy) is 1. The summed E-state index contributed by atoms with van der Waals surface area (Å²) < 4.78 is 7.45. The summed E-state index contributed by atoms with van der Waals surface area (Å²) >= 11 is 8.26. The Morgan fingerprint density at radius 2 is 2.00 bits per heavy atom. The molecule has 110 valence electrons. The lowest BCUT2D eigenvalue weighted by atomic mass is 10.2. The molecule has 1 N–H and O–H groups in total. The Bertz CT molecular complexity index is 674. The first-order valence-electron chi connectivity index (χ1n) is 6.15. The molecule has 2 rings (SSSR count). The monoisotopic (exact) mass is 430 g/mol. The summed E-state index contributed by atoms with van der Waals surface area (Å²) in [4.78, 5) is 12.2. The van der Waals surface area contributed by atoms with Crippen molar-refractivity contribution in [1.82, 2.24) is 0 Å². The van der Waals surface area contributed by atoms with Crippen LogP contribution in [-0.4, -0.2) is 16.8 Å². The highest BCUT2D eigenvalue weighted by molar-refractivity contribution is 9.11. The Labute approximate surface area is 144 Å². The molecular formula is C15H12Br2O3S. The highest BCUT2D eigenvalue weighted by Gasteiger charge is 2.18. The van der Waals surface area contributed by atoms with Crippen LogP contribution in [0.1, 0.15) is 17.3 Å². The second-order valence-corrected chi connectivity index (χ2v) is 7.12. The molecule has 2 aromatic rings. The van der Waals surface area contributed by atoms with E-state index in [0.29, 0.717) is 16.4 Å². The van der Waals surface area contributed by atoms with Crippen molar-refractivity contribution in [3.63, 3.8) is 0 Å². The highest BCUT2D eigenvalue weighted by atomic mass is 79.9. The van der Waals surface area contributed by atoms with Crippen LogP contribution in [0, 0.1) is 0 Å². The Balaban J connectivity index is 2.43. The first-order valence-corrected chi connectivity index (χ1v) is 8.72. The molecule has 6 heteroatoms. The first-order chi connectivity index (χ1) is 10.0. The molecule has 2 aromatic carbocycles. The molecule has 3 nitrogen and oxygen atoms in total. The fourth-order valence-electron chi connectivity index (χ4n) is 1.76. The minimum atomic E-state index is -0.991. The van der Waals surface area contributed by atoms with Gasteiger partial charge in [0.15, 0.2) is 0 Å². The van der Waals surface area contributed by atoms with Gasteiger partial charge in [0.25, 0.3) is 0 Å². The maximum absolute atomic E-state index is 11.5. The van der Waals surface area contributed by atoms with Crippen molar-refractivity contribution in [3.8, 4) is 11.5 Å². The quantitative estimate of drug-likeness (QED) is 0.606. The average molecular weight is 432 g/mol. The van der Waals surface area contributed by atoms with Gasteiger partial charge in [-0.15, -0.1) is 11.8 Å². The predicted molar refractivity (Wildman–Crippen MR) is 91.7 cm³/mol. The minimum absolute atomic E-state index is 0.194. The van der Waals surface area contributed by atoms with Gasteiger partial charge in [-0.05, 0) is 52.0 Å². The standard InChI is InChI=1S/C15H12Br2O3S/c1-2-21-13-5-3-4-12(14(13)15(18)19)20-11-7-6-9(16)8-10(11)17/h3-8H,2H2,1H3,(H,18,19). The zero-order valence-corrected chi connectivity index (χ0v) is 15.1. The van der Waals surface area contributed by atoms with Crippen LogP contribution >= 0.6 is 43.6 Å². The molecule has 0 aliphatic carbocycles. The third-order valence-electron chi connectivity index (χ3n) is 2.62. The maximum Gasteiger partial charge on any atom is 0.340 e. The van der Waals surface area contributed by atoms with E-state index >= 15 is 0 Å². The van der Waals surface area contributed by atoms with E-state index < -0.39 is 5.97 Å². The number of hydrogen-bond donors (Lipinski definition) is 1. The number of thioether (sulfide) groups is 1. The van der Waals surface area contributed by atoms with Crippen LogP contribution in [0.3, 0.4) is 0 Å². The van der Waals surface area contributed by atoms with E-state index in [1.54, 1.807) is 24.3 Å². The van der Waals surface area contributed by atoms with Gasteiger partial charge in [0.1, 0.15) is 17.1 Å². The molecular weight excluding hydrogens is 420 g/mol. The molecule has 0 aliphatic rings. The molecule has 0 aliphatic heterocycles. The van der Waals surface area contributed by atoms with E-state index in [-0.39, 0.29) is 5.56 Å². The molecule has 0 radical (unpaired) electrons. The molecule has 0 saturated heterocycles. The van der Waals surface area contributed by atoms with Crippen LogP contribution in [0.2, 0.25) is 0 Å². The largest absolute Gasteiger partial charge is 0.478 e. The molecule has 0 spiro atoms. The van der Waals surface area contributed by atoms with E-state index in [9.17, 15) is 9.90 Å². The van der Waals surface area contributed by atoms with E-state index in [4.69, 9.17) is 4.74 Å². The van der Waals surface area contributed by atoms with Gasteiger partial charge in [0.05, 0.1) is 4.47 Å². The summed E-state index contributed by atoms with van der Waals surface area (Å²) in [6.07, 6.45) is 0. The van der Waals surface area contributed by atoms with E-state index in [1.165, 1.54) is 11.8 Å². The van der Waals surface area contributed by atoms with Crippen LogP contribution in [0.5, 0.6) is 11.5 Å². The van der Waals surface area contributed by atoms with Gasteiger partial charge in [0.2, 0.25) is 0 Å². The lowest BCUT2D eigenvalue weighted by molar-refractivity contribution is 0.0690. The van der Waals surface area contributed by atoms with E-state index in [1.807, 2.05) is 19.1 Å². The van der Waals surface area contributed by atoms with Gasteiger partial charge in [0, 0.05) is 9.37 Å². The zero-order chi connectivity index (χ0) is 15.4. The molecule has 21 heavy (non-hydrogen) atoms. The van der Waals surface area contributed by atoms with Gasteiger partial charge < -0.3 is 9.84 Å². The van der Waals surface area contributed by atoms with E-state index in [2.05, 4.69) is 31.9 Å². The van der Waals surface area contributed by atoms with Gasteiger partial charge in [-0.1, -0.05) is 28.9 Å². The van der Waals surface area contributed by atoms with Crippen molar-refractivity contribution in [1.29, 1.82) is 0 Å². The Morgan fingerprint density at radius 1 is 1.24 bits per heavy atom. The maximum atomic E-state index is 11.5. The normalized spacial score (nSPS) is 10.4. The second-order valence-electron chi connectivity index (χ2n) is 4.04. The van der Waals surface area contributed by atoms with Crippen molar-refractivity contribution in [2.75, 3.05) is 5.75 Å². The molecule has 0 saturated carbocycles. The summed E-state index contributed by atoms with van der Waals surface area (Å²) in [5.41, 5.74) is 0.194. The zero-order valence-electron chi connectivity index (χ0n) is 11.1. The number of carbonyl (C=O) groups is 1. The van der Waals surface area contributed by atoms with Crippen LogP contribution in [0.15, 0.2) is 50.2 Å². The fraction of sp³-hybridized carbons (Fsp3) is 0.133. The Hall–Kier alpha value is -0.980. The Morgan fingerprint density at radius 3 is 2.62 bits per heavy atom. The van der Waals surface area contributed by atoms with Crippen molar-refractivity contribution >= 4 is 49.6 Å². The first kappa shape index (κ1) is 16.4. The van der Waals surface area contributed by atoms with Gasteiger partial charge in [-0.25, -0.2) is 4.79 Å². The van der Waals surface area contributed by atoms with Gasteiger partial charge >= 0.3 is 5.97 Å². The number of hydrogen-bond acceptors (Lipinski definition) is 3. The van der Waals surface area contributed by atoms with Crippen molar-refractivity contribution in [2.24, 2.45) is 0 Å². The number of aromatic carboxylic acids is 1. The number of carboxylic acid groups (broad SMARTS) is 1. The molecule has 0 heterocycles. The molecule has 0 bridgehead atoms. The predicted octanol–water partition coefficient (Wildman–Crippen LogP) is 5.81. The number of benzene rings is 2. The highest BCUT2D eigenvalue weighted by Crippen LogP contribution is 2.36. The molecule has 0 atom stereocenters. The van der Waals surface area contributed by atoms with Crippen molar-refractivity contribution in [2.45, 2.75) is 11.8 Å². The lowest BCUT2D eigenvalue weighted by Gasteiger charge is -2.13. The average Bonchev–Trinajstić information content (AvgIpc) is 2.42. The van der Waals surface area contributed by atoms with E-state index in [0.717, 1.165) is 14.7 Å². The van der Waals surface area contributed by atoms with Crippen LogP contribution in [0.4, 0.5) is 0 Å². The fourth-order valence-corrected chi connectivity index (χ4v) is 3.71.